The minimum atomic E-state index is 0.332. The van der Waals surface area contributed by atoms with E-state index >= 15 is 0 Å². The van der Waals surface area contributed by atoms with Gasteiger partial charge in [-0.15, -0.1) is 0 Å². The average Bonchev–Trinajstić information content (AvgIpc) is 2.51. The summed E-state index contributed by atoms with van der Waals surface area (Å²) in [5.74, 6) is 0.338. The van der Waals surface area contributed by atoms with Crippen LogP contribution in [-0.4, -0.2) is 49.4 Å². The van der Waals surface area contributed by atoms with Gasteiger partial charge in [-0.2, -0.15) is 0 Å². The Morgan fingerprint density at radius 3 is 2.07 bits per heavy atom. The van der Waals surface area contributed by atoms with Gasteiger partial charge in [0.15, 0.2) is 0 Å². The van der Waals surface area contributed by atoms with Crippen LogP contribution in [0.4, 0.5) is 0 Å². The highest BCUT2D eigenvalue weighted by molar-refractivity contribution is 5.79. The van der Waals surface area contributed by atoms with Gasteiger partial charge in [0.05, 0.1) is 0 Å². The maximum Gasteiger partial charge on any atom is 0.222 e. The molecule has 1 spiro atoms. The topological polar surface area (TPSA) is 23.6 Å². The van der Waals surface area contributed by atoms with Crippen molar-refractivity contribution in [3.63, 3.8) is 0 Å². The zero-order valence-corrected chi connectivity index (χ0v) is 10.5. The van der Waals surface area contributed by atoms with Gasteiger partial charge in [-0.25, -0.2) is 0 Å². The summed E-state index contributed by atoms with van der Waals surface area (Å²) >= 11 is 0. The molecule has 88 valence electrons. The standard InChI is InChI=1S/C10H18N2O.C2H6/c1-11-5-3-10(4-6-11)7-9(13)12(2)8-10;1-2/h3-8H2,1-2H3;1-2H3. The molecule has 3 nitrogen and oxygen atoms in total. The molecule has 2 saturated heterocycles. The molecule has 0 aromatic heterocycles. The molecule has 0 aliphatic carbocycles. The maximum atomic E-state index is 11.4. The van der Waals surface area contributed by atoms with Gasteiger partial charge in [0.1, 0.15) is 0 Å². The number of piperidine rings is 1. The molecule has 2 fully saturated rings. The van der Waals surface area contributed by atoms with Gasteiger partial charge in [0.25, 0.3) is 0 Å². The Kier molecular flexibility index (Phi) is 4.14. The minimum absolute atomic E-state index is 0.332. The van der Waals surface area contributed by atoms with E-state index < -0.39 is 0 Å². The van der Waals surface area contributed by atoms with E-state index in [0.717, 1.165) is 26.1 Å². The number of hydrogen-bond donors (Lipinski definition) is 0. The second kappa shape index (κ2) is 4.97. The third kappa shape index (κ3) is 2.71. The highest BCUT2D eigenvalue weighted by atomic mass is 16.2. The minimum Gasteiger partial charge on any atom is -0.345 e. The highest BCUT2D eigenvalue weighted by Crippen LogP contribution is 2.39. The Morgan fingerprint density at radius 1 is 1.13 bits per heavy atom. The van der Waals surface area contributed by atoms with Crippen molar-refractivity contribution in [2.45, 2.75) is 33.1 Å². The summed E-state index contributed by atoms with van der Waals surface area (Å²) in [6, 6.07) is 0. The van der Waals surface area contributed by atoms with E-state index in [1.807, 2.05) is 25.8 Å². The van der Waals surface area contributed by atoms with Crippen molar-refractivity contribution in [2.24, 2.45) is 5.41 Å². The van der Waals surface area contributed by atoms with Crippen molar-refractivity contribution in [2.75, 3.05) is 33.7 Å². The fourth-order valence-electron chi connectivity index (χ4n) is 2.53. The van der Waals surface area contributed by atoms with Crippen LogP contribution in [0.3, 0.4) is 0 Å². The van der Waals surface area contributed by atoms with E-state index in [1.54, 1.807) is 0 Å². The molecule has 0 unspecified atom stereocenters. The van der Waals surface area contributed by atoms with Gasteiger partial charge < -0.3 is 9.80 Å². The van der Waals surface area contributed by atoms with Crippen LogP contribution in [0.15, 0.2) is 0 Å². The normalized spacial score (nSPS) is 25.3. The number of rotatable bonds is 0. The molecule has 2 aliphatic rings. The van der Waals surface area contributed by atoms with E-state index in [9.17, 15) is 4.79 Å². The molecular formula is C12H24N2O. The van der Waals surface area contributed by atoms with Crippen LogP contribution in [0.5, 0.6) is 0 Å². The number of carbonyl (C=O) groups is 1. The first-order valence-electron chi connectivity index (χ1n) is 6.04. The van der Waals surface area contributed by atoms with Gasteiger partial charge in [-0.3, -0.25) is 4.79 Å². The summed E-state index contributed by atoms with van der Waals surface area (Å²) in [6.07, 6.45) is 3.18. The molecule has 0 aromatic carbocycles. The Bertz CT molecular complexity index is 220. The zero-order valence-electron chi connectivity index (χ0n) is 10.5. The van der Waals surface area contributed by atoms with Crippen molar-refractivity contribution in [1.82, 2.24) is 9.80 Å². The van der Waals surface area contributed by atoms with Crippen molar-refractivity contribution >= 4 is 5.91 Å². The van der Waals surface area contributed by atoms with Gasteiger partial charge in [-0.1, -0.05) is 13.8 Å². The van der Waals surface area contributed by atoms with Crippen molar-refractivity contribution in [3.8, 4) is 0 Å². The van der Waals surface area contributed by atoms with Crippen molar-refractivity contribution in [1.29, 1.82) is 0 Å². The first-order valence-corrected chi connectivity index (χ1v) is 6.04. The fourth-order valence-corrected chi connectivity index (χ4v) is 2.53. The summed E-state index contributed by atoms with van der Waals surface area (Å²) in [4.78, 5) is 15.7. The second-order valence-corrected chi connectivity index (χ2v) is 4.73. The summed E-state index contributed by atoms with van der Waals surface area (Å²) in [6.45, 7) is 7.29. The van der Waals surface area contributed by atoms with E-state index in [-0.39, 0.29) is 0 Å². The molecule has 3 heteroatoms. The Balaban J connectivity index is 0.000000531. The molecule has 15 heavy (non-hydrogen) atoms. The predicted octanol–water partition coefficient (Wildman–Crippen LogP) is 1.59. The van der Waals surface area contributed by atoms with Crippen LogP contribution in [0.1, 0.15) is 33.1 Å². The van der Waals surface area contributed by atoms with Crippen LogP contribution in [0.2, 0.25) is 0 Å². The van der Waals surface area contributed by atoms with Crippen LogP contribution in [-0.2, 0) is 4.79 Å². The molecule has 0 N–H and O–H groups in total. The third-order valence-electron chi connectivity index (χ3n) is 3.57. The van der Waals surface area contributed by atoms with Crippen molar-refractivity contribution in [3.05, 3.63) is 0 Å². The molecule has 1 amide bonds. The SMILES string of the molecule is CC.CN1CCC2(CC1)CC(=O)N(C)C2. The van der Waals surface area contributed by atoms with Crippen LogP contribution in [0.25, 0.3) is 0 Å². The zero-order chi connectivity index (χ0) is 11.5. The lowest BCUT2D eigenvalue weighted by molar-refractivity contribution is -0.126. The number of carbonyl (C=O) groups excluding carboxylic acids is 1. The highest BCUT2D eigenvalue weighted by Gasteiger charge is 2.42. The first-order chi connectivity index (χ1) is 7.11. The van der Waals surface area contributed by atoms with E-state index in [4.69, 9.17) is 0 Å². The molecule has 0 bridgehead atoms. The quantitative estimate of drug-likeness (QED) is 0.609. The van der Waals surface area contributed by atoms with Gasteiger partial charge >= 0.3 is 0 Å². The second-order valence-electron chi connectivity index (χ2n) is 4.73. The molecule has 2 rings (SSSR count). The molecule has 0 saturated carbocycles. The first kappa shape index (κ1) is 12.5. The van der Waals surface area contributed by atoms with Gasteiger partial charge in [-0.05, 0) is 38.4 Å². The lowest BCUT2D eigenvalue weighted by atomic mass is 9.78. The Hall–Kier alpha value is -0.570. The molecule has 0 radical (unpaired) electrons. The van der Waals surface area contributed by atoms with Crippen molar-refractivity contribution < 1.29 is 4.79 Å². The summed E-state index contributed by atoms with van der Waals surface area (Å²) in [5, 5.41) is 0. The molecule has 2 heterocycles. The number of nitrogens with zero attached hydrogens (tertiary/aromatic N) is 2. The van der Waals surface area contributed by atoms with Crippen LogP contribution in [0, 0.1) is 5.41 Å². The largest absolute Gasteiger partial charge is 0.345 e. The smallest absolute Gasteiger partial charge is 0.222 e. The van der Waals surface area contributed by atoms with Gasteiger partial charge in [0, 0.05) is 20.0 Å². The summed E-state index contributed by atoms with van der Waals surface area (Å²) < 4.78 is 0. The molecule has 2 aliphatic heterocycles. The molecular weight excluding hydrogens is 188 g/mol. The Labute approximate surface area is 93.4 Å². The van der Waals surface area contributed by atoms with E-state index in [0.29, 0.717) is 11.3 Å². The third-order valence-corrected chi connectivity index (χ3v) is 3.57. The summed E-state index contributed by atoms with van der Waals surface area (Å²) in [7, 11) is 4.09. The number of hydrogen-bond acceptors (Lipinski definition) is 2. The Morgan fingerprint density at radius 2 is 1.67 bits per heavy atom. The van der Waals surface area contributed by atoms with Crippen LogP contribution >= 0.6 is 0 Å². The molecule has 0 aromatic rings. The van der Waals surface area contributed by atoms with Crippen LogP contribution < -0.4 is 0 Å². The number of amides is 1. The maximum absolute atomic E-state index is 11.4. The predicted molar refractivity (Wildman–Crippen MR) is 62.8 cm³/mol. The fraction of sp³-hybridized carbons (Fsp3) is 0.917. The lowest BCUT2D eigenvalue weighted by Gasteiger charge is -2.36. The van der Waals surface area contributed by atoms with Gasteiger partial charge in [0.2, 0.25) is 5.91 Å². The van der Waals surface area contributed by atoms with E-state index in [2.05, 4.69) is 11.9 Å². The van der Waals surface area contributed by atoms with E-state index in [1.165, 1.54) is 12.8 Å². The number of likely N-dealkylation sites (tertiary alicyclic amines) is 2. The molecule has 0 atom stereocenters. The summed E-state index contributed by atoms with van der Waals surface area (Å²) in [5.41, 5.74) is 0.332. The average molecular weight is 212 g/mol. The monoisotopic (exact) mass is 212 g/mol. The lowest BCUT2D eigenvalue weighted by Crippen LogP contribution is -2.39.